The van der Waals surface area contributed by atoms with Crippen molar-refractivity contribution >= 4 is 17.2 Å². The molecule has 0 spiro atoms. The number of aromatic nitrogens is 1. The zero-order valence-corrected chi connectivity index (χ0v) is 14.5. The summed E-state index contributed by atoms with van der Waals surface area (Å²) in [6.07, 6.45) is -2.58. The molecular weight excluding hydrogens is 351 g/mol. The Kier molecular flexibility index (Phi) is 4.83. The molecule has 0 bridgehead atoms. The van der Waals surface area contributed by atoms with Crippen LogP contribution in [0, 0.1) is 6.92 Å². The molecular formula is C17H18F3N3OS. The maximum absolute atomic E-state index is 13.0. The van der Waals surface area contributed by atoms with Crippen LogP contribution in [0.25, 0.3) is 10.4 Å². The average molecular weight is 369 g/mol. The molecule has 1 saturated carbocycles. The van der Waals surface area contributed by atoms with Crippen LogP contribution in [0.5, 0.6) is 0 Å². The number of halogens is 3. The Morgan fingerprint density at radius 1 is 1.40 bits per heavy atom. The van der Waals surface area contributed by atoms with Gasteiger partial charge < -0.3 is 10.6 Å². The number of benzene rings is 1. The van der Waals surface area contributed by atoms with Gasteiger partial charge in [0, 0.05) is 19.1 Å². The lowest BCUT2D eigenvalue weighted by atomic mass is 10.1. The first-order valence-corrected chi connectivity index (χ1v) is 8.79. The number of rotatable bonds is 5. The number of carbonyl (C=O) groups excluding carboxylic acids is 1. The Labute approximate surface area is 147 Å². The summed E-state index contributed by atoms with van der Waals surface area (Å²) in [5.41, 5.74) is 5.42. The molecule has 2 aromatic rings. The second kappa shape index (κ2) is 6.76. The number of amides is 1. The first kappa shape index (κ1) is 17.9. The number of carbonyl (C=O) groups is 1. The minimum Gasteiger partial charge on any atom is -0.333 e. The van der Waals surface area contributed by atoms with Crippen molar-refractivity contribution in [2.75, 3.05) is 13.1 Å². The summed E-state index contributed by atoms with van der Waals surface area (Å²) in [4.78, 5) is 19.4. The number of hydrogen-bond acceptors (Lipinski definition) is 4. The normalized spacial score (nSPS) is 14.6. The van der Waals surface area contributed by atoms with Gasteiger partial charge in [0.15, 0.2) is 0 Å². The van der Waals surface area contributed by atoms with Gasteiger partial charge in [-0.05, 0) is 37.5 Å². The van der Waals surface area contributed by atoms with Gasteiger partial charge in [-0.3, -0.25) is 4.79 Å². The summed E-state index contributed by atoms with van der Waals surface area (Å²) >= 11 is 1.23. The van der Waals surface area contributed by atoms with Crippen LogP contribution in [0.4, 0.5) is 13.2 Å². The number of hydrogen-bond donors (Lipinski definition) is 1. The van der Waals surface area contributed by atoms with Crippen molar-refractivity contribution < 1.29 is 18.0 Å². The minimum atomic E-state index is -4.43. The number of aryl methyl sites for hydroxylation is 1. The van der Waals surface area contributed by atoms with E-state index in [0.29, 0.717) is 28.5 Å². The first-order valence-electron chi connectivity index (χ1n) is 7.97. The van der Waals surface area contributed by atoms with Crippen molar-refractivity contribution in [1.29, 1.82) is 0 Å². The van der Waals surface area contributed by atoms with Crippen molar-refractivity contribution in [2.24, 2.45) is 5.73 Å². The second-order valence-electron chi connectivity index (χ2n) is 6.01. The summed E-state index contributed by atoms with van der Waals surface area (Å²) in [6.45, 7) is 2.50. The van der Waals surface area contributed by atoms with Crippen LogP contribution >= 0.6 is 11.3 Å². The summed E-state index contributed by atoms with van der Waals surface area (Å²) in [5.74, 6) is -0.260. The van der Waals surface area contributed by atoms with E-state index >= 15 is 0 Å². The highest BCUT2D eigenvalue weighted by atomic mass is 32.1. The molecule has 1 fully saturated rings. The van der Waals surface area contributed by atoms with Gasteiger partial charge in [-0.25, -0.2) is 4.98 Å². The molecule has 2 N–H and O–H groups in total. The van der Waals surface area contributed by atoms with Crippen LogP contribution in [0.15, 0.2) is 24.3 Å². The van der Waals surface area contributed by atoms with Crippen LogP contribution in [0.2, 0.25) is 0 Å². The zero-order chi connectivity index (χ0) is 18.2. The number of nitrogens with zero attached hydrogens (tertiary/aromatic N) is 2. The molecule has 0 radical (unpaired) electrons. The Morgan fingerprint density at radius 2 is 2.12 bits per heavy atom. The Balaban J connectivity index is 2.00. The predicted molar refractivity (Wildman–Crippen MR) is 90.4 cm³/mol. The van der Waals surface area contributed by atoms with Crippen LogP contribution in [-0.4, -0.2) is 34.9 Å². The van der Waals surface area contributed by atoms with Crippen molar-refractivity contribution in [3.63, 3.8) is 0 Å². The molecule has 25 heavy (non-hydrogen) atoms. The highest BCUT2D eigenvalue weighted by Gasteiger charge is 2.35. The molecule has 4 nitrogen and oxygen atoms in total. The van der Waals surface area contributed by atoms with E-state index in [1.54, 1.807) is 17.9 Å². The number of alkyl halides is 3. The number of nitrogens with two attached hydrogens (primary N) is 1. The number of thiazole rings is 1. The van der Waals surface area contributed by atoms with E-state index in [1.165, 1.54) is 17.4 Å². The average Bonchev–Trinajstić information content (AvgIpc) is 3.32. The van der Waals surface area contributed by atoms with E-state index in [0.717, 1.165) is 25.0 Å². The fraction of sp³-hybridized carbons (Fsp3) is 0.412. The molecule has 1 aliphatic rings. The lowest BCUT2D eigenvalue weighted by Gasteiger charge is -2.21. The third-order valence-corrected chi connectivity index (χ3v) is 5.03. The standard InChI is InChI=1S/C17H18F3N3OS/c1-10-22-14(16(24)23(8-7-21)13-5-6-13)15(25-10)11-3-2-4-12(9-11)17(18,19)20/h2-4,9,13H,5-8,21H2,1H3. The third kappa shape index (κ3) is 3.85. The fourth-order valence-corrected chi connectivity index (χ4v) is 3.62. The maximum atomic E-state index is 13.0. The van der Waals surface area contributed by atoms with Crippen LogP contribution in [0.1, 0.15) is 33.9 Å². The van der Waals surface area contributed by atoms with Gasteiger partial charge in [0.05, 0.1) is 15.4 Å². The van der Waals surface area contributed by atoms with E-state index in [9.17, 15) is 18.0 Å². The van der Waals surface area contributed by atoms with Crippen LogP contribution < -0.4 is 5.73 Å². The van der Waals surface area contributed by atoms with Gasteiger partial charge in [-0.2, -0.15) is 13.2 Å². The molecule has 0 atom stereocenters. The molecule has 1 aliphatic carbocycles. The highest BCUT2D eigenvalue weighted by Crippen LogP contribution is 2.37. The van der Waals surface area contributed by atoms with Crippen molar-refractivity contribution in [1.82, 2.24) is 9.88 Å². The van der Waals surface area contributed by atoms with Gasteiger partial charge in [0.2, 0.25) is 0 Å². The van der Waals surface area contributed by atoms with E-state index in [4.69, 9.17) is 5.73 Å². The van der Waals surface area contributed by atoms with Crippen LogP contribution in [-0.2, 0) is 6.18 Å². The summed E-state index contributed by atoms with van der Waals surface area (Å²) in [5, 5.41) is 0.638. The highest BCUT2D eigenvalue weighted by molar-refractivity contribution is 7.15. The molecule has 1 aromatic heterocycles. The van der Waals surface area contributed by atoms with Crippen molar-refractivity contribution in [3.8, 4) is 10.4 Å². The smallest absolute Gasteiger partial charge is 0.333 e. The Bertz CT molecular complexity index is 784. The molecule has 1 amide bonds. The lowest BCUT2D eigenvalue weighted by molar-refractivity contribution is -0.137. The molecule has 1 aromatic carbocycles. The van der Waals surface area contributed by atoms with Gasteiger partial charge >= 0.3 is 6.18 Å². The Hall–Kier alpha value is -1.93. The van der Waals surface area contributed by atoms with Crippen LogP contribution in [0.3, 0.4) is 0 Å². The van der Waals surface area contributed by atoms with Gasteiger partial charge in [-0.1, -0.05) is 12.1 Å². The van der Waals surface area contributed by atoms with Gasteiger partial charge in [-0.15, -0.1) is 11.3 Å². The van der Waals surface area contributed by atoms with E-state index in [1.807, 2.05) is 0 Å². The first-order chi connectivity index (χ1) is 11.8. The molecule has 0 unspecified atom stereocenters. The SMILES string of the molecule is Cc1nc(C(=O)N(CCN)C2CC2)c(-c2cccc(C(F)(F)F)c2)s1. The van der Waals surface area contributed by atoms with Gasteiger partial charge in [0.25, 0.3) is 5.91 Å². The van der Waals surface area contributed by atoms with E-state index < -0.39 is 11.7 Å². The molecule has 3 rings (SSSR count). The Morgan fingerprint density at radius 3 is 2.72 bits per heavy atom. The zero-order valence-electron chi connectivity index (χ0n) is 13.6. The molecule has 0 saturated heterocycles. The maximum Gasteiger partial charge on any atom is 0.416 e. The van der Waals surface area contributed by atoms with E-state index in [2.05, 4.69) is 4.98 Å². The van der Waals surface area contributed by atoms with Gasteiger partial charge in [0.1, 0.15) is 5.69 Å². The summed E-state index contributed by atoms with van der Waals surface area (Å²) in [6, 6.07) is 5.16. The summed E-state index contributed by atoms with van der Waals surface area (Å²) < 4.78 is 39.0. The minimum absolute atomic E-state index is 0.160. The summed E-state index contributed by atoms with van der Waals surface area (Å²) in [7, 11) is 0. The lowest BCUT2D eigenvalue weighted by Crippen LogP contribution is -2.37. The predicted octanol–water partition coefficient (Wildman–Crippen LogP) is 3.70. The molecule has 8 heteroatoms. The monoisotopic (exact) mass is 369 g/mol. The van der Waals surface area contributed by atoms with Crippen molar-refractivity contribution in [3.05, 3.63) is 40.5 Å². The topological polar surface area (TPSA) is 59.2 Å². The quantitative estimate of drug-likeness (QED) is 0.874. The second-order valence-corrected chi connectivity index (χ2v) is 7.21. The third-order valence-electron chi connectivity index (χ3n) is 4.01. The molecule has 1 heterocycles. The molecule has 0 aliphatic heterocycles. The fourth-order valence-electron chi connectivity index (χ4n) is 2.72. The van der Waals surface area contributed by atoms with Crippen molar-refractivity contribution in [2.45, 2.75) is 32.0 Å². The largest absolute Gasteiger partial charge is 0.416 e. The molecule has 134 valence electrons. The van der Waals surface area contributed by atoms with E-state index in [-0.39, 0.29) is 17.6 Å².